The van der Waals surface area contributed by atoms with Crippen molar-refractivity contribution in [2.75, 3.05) is 0 Å². The third-order valence-electron chi connectivity index (χ3n) is 3.65. The van der Waals surface area contributed by atoms with E-state index in [1.54, 1.807) is 0 Å². The molecule has 0 amide bonds. The van der Waals surface area contributed by atoms with Gasteiger partial charge in [-0.3, -0.25) is 0 Å². The molecule has 0 aromatic heterocycles. The standard InChI is InChI=1S/C20H25N/c1-16(2)14-17(3)20(19-12-8-5-9-13-19)21-15-18-10-6-4-7-11-18/h4-14,17,20-21H,15H2,1-3H3/t17-,20-/m1/s1. The van der Waals surface area contributed by atoms with Crippen molar-refractivity contribution in [1.29, 1.82) is 0 Å². The van der Waals surface area contributed by atoms with E-state index >= 15 is 0 Å². The first-order valence-corrected chi connectivity index (χ1v) is 7.64. The first-order valence-electron chi connectivity index (χ1n) is 7.64. The minimum Gasteiger partial charge on any atom is -0.305 e. The lowest BCUT2D eigenvalue weighted by Crippen LogP contribution is -2.26. The van der Waals surface area contributed by atoms with Gasteiger partial charge in [-0.1, -0.05) is 79.2 Å². The van der Waals surface area contributed by atoms with Crippen molar-refractivity contribution in [3.05, 3.63) is 83.4 Å². The minimum absolute atomic E-state index is 0.335. The van der Waals surface area contributed by atoms with E-state index in [0.717, 1.165) is 6.54 Å². The molecular formula is C20H25N. The number of hydrogen-bond donors (Lipinski definition) is 1. The third kappa shape index (κ3) is 4.87. The summed E-state index contributed by atoms with van der Waals surface area (Å²) in [4.78, 5) is 0. The number of allylic oxidation sites excluding steroid dienone is 1. The Morgan fingerprint density at radius 2 is 1.52 bits per heavy atom. The van der Waals surface area contributed by atoms with E-state index in [2.05, 4.69) is 92.8 Å². The molecule has 0 bridgehead atoms. The molecule has 21 heavy (non-hydrogen) atoms. The van der Waals surface area contributed by atoms with Gasteiger partial charge in [0, 0.05) is 12.6 Å². The second kappa shape index (κ2) is 7.80. The molecule has 2 aromatic carbocycles. The Hall–Kier alpha value is -1.86. The highest BCUT2D eigenvalue weighted by molar-refractivity contribution is 5.22. The molecule has 2 aromatic rings. The lowest BCUT2D eigenvalue weighted by atomic mass is 9.92. The van der Waals surface area contributed by atoms with Crippen LogP contribution >= 0.6 is 0 Å². The van der Waals surface area contributed by atoms with Crippen molar-refractivity contribution in [2.24, 2.45) is 5.92 Å². The van der Waals surface area contributed by atoms with Gasteiger partial charge in [0.2, 0.25) is 0 Å². The van der Waals surface area contributed by atoms with E-state index in [4.69, 9.17) is 0 Å². The van der Waals surface area contributed by atoms with Crippen molar-refractivity contribution < 1.29 is 0 Å². The summed E-state index contributed by atoms with van der Waals surface area (Å²) >= 11 is 0. The van der Waals surface area contributed by atoms with Crippen LogP contribution in [0.1, 0.15) is 37.9 Å². The molecule has 2 atom stereocenters. The lowest BCUT2D eigenvalue weighted by Gasteiger charge is -2.24. The summed E-state index contributed by atoms with van der Waals surface area (Å²) in [5.74, 6) is 0.459. The maximum absolute atomic E-state index is 3.71. The molecule has 0 unspecified atom stereocenters. The largest absolute Gasteiger partial charge is 0.305 e. The van der Waals surface area contributed by atoms with Gasteiger partial charge in [-0.25, -0.2) is 0 Å². The average molecular weight is 279 g/mol. The van der Waals surface area contributed by atoms with E-state index < -0.39 is 0 Å². The summed E-state index contributed by atoms with van der Waals surface area (Å²) < 4.78 is 0. The van der Waals surface area contributed by atoms with Gasteiger partial charge in [0.05, 0.1) is 0 Å². The first kappa shape index (κ1) is 15.5. The highest BCUT2D eigenvalue weighted by Crippen LogP contribution is 2.24. The predicted molar refractivity (Wildman–Crippen MR) is 91.1 cm³/mol. The fourth-order valence-corrected chi connectivity index (χ4v) is 2.71. The summed E-state index contributed by atoms with van der Waals surface area (Å²) in [6, 6.07) is 21.6. The third-order valence-corrected chi connectivity index (χ3v) is 3.65. The van der Waals surface area contributed by atoms with E-state index in [9.17, 15) is 0 Å². The molecular weight excluding hydrogens is 254 g/mol. The van der Waals surface area contributed by atoms with E-state index in [-0.39, 0.29) is 0 Å². The average Bonchev–Trinajstić information content (AvgIpc) is 2.49. The summed E-state index contributed by atoms with van der Waals surface area (Å²) in [6.07, 6.45) is 2.34. The van der Waals surface area contributed by atoms with Gasteiger partial charge in [-0.15, -0.1) is 0 Å². The minimum atomic E-state index is 0.335. The van der Waals surface area contributed by atoms with Crippen LogP contribution in [0.25, 0.3) is 0 Å². The van der Waals surface area contributed by atoms with E-state index in [1.165, 1.54) is 16.7 Å². The maximum atomic E-state index is 3.71. The Morgan fingerprint density at radius 3 is 2.10 bits per heavy atom. The quantitative estimate of drug-likeness (QED) is 0.724. The van der Waals surface area contributed by atoms with E-state index in [0.29, 0.717) is 12.0 Å². The molecule has 0 radical (unpaired) electrons. The van der Waals surface area contributed by atoms with Gasteiger partial charge in [-0.2, -0.15) is 0 Å². The molecule has 0 saturated heterocycles. The Labute approximate surface area is 128 Å². The molecule has 0 aliphatic carbocycles. The highest BCUT2D eigenvalue weighted by Gasteiger charge is 2.16. The van der Waals surface area contributed by atoms with Gasteiger partial charge in [0.25, 0.3) is 0 Å². The van der Waals surface area contributed by atoms with E-state index in [1.807, 2.05) is 0 Å². The van der Waals surface area contributed by atoms with Gasteiger partial charge in [0.1, 0.15) is 0 Å². The first-order chi connectivity index (χ1) is 10.2. The highest BCUT2D eigenvalue weighted by atomic mass is 14.9. The van der Waals surface area contributed by atoms with Crippen molar-refractivity contribution >= 4 is 0 Å². The van der Waals surface area contributed by atoms with Crippen LogP contribution in [0.3, 0.4) is 0 Å². The normalized spacial score (nSPS) is 13.5. The van der Waals surface area contributed by atoms with Crippen LogP contribution in [0.2, 0.25) is 0 Å². The molecule has 0 spiro atoms. The Kier molecular flexibility index (Phi) is 5.77. The number of benzene rings is 2. The Morgan fingerprint density at radius 1 is 0.952 bits per heavy atom. The fourth-order valence-electron chi connectivity index (χ4n) is 2.71. The molecule has 0 aliphatic rings. The topological polar surface area (TPSA) is 12.0 Å². The molecule has 2 rings (SSSR count). The van der Waals surface area contributed by atoms with Crippen LogP contribution in [0.4, 0.5) is 0 Å². The molecule has 0 saturated carbocycles. The summed E-state index contributed by atoms with van der Waals surface area (Å²) in [7, 11) is 0. The van der Waals surface area contributed by atoms with Crippen molar-refractivity contribution in [3.8, 4) is 0 Å². The molecule has 1 nitrogen and oxygen atoms in total. The van der Waals surface area contributed by atoms with Crippen LogP contribution < -0.4 is 5.32 Å². The molecule has 1 heteroatoms. The second-order valence-electron chi connectivity index (χ2n) is 5.86. The zero-order valence-corrected chi connectivity index (χ0v) is 13.2. The van der Waals surface area contributed by atoms with Crippen LogP contribution in [0.15, 0.2) is 72.3 Å². The Bertz CT molecular complexity index is 553. The smallest absolute Gasteiger partial charge is 0.0383 e. The van der Waals surface area contributed by atoms with Gasteiger partial charge in [0.15, 0.2) is 0 Å². The molecule has 1 N–H and O–H groups in total. The molecule has 110 valence electrons. The SMILES string of the molecule is CC(C)=C[C@@H](C)[C@@H](NCc1ccccc1)c1ccccc1. The maximum Gasteiger partial charge on any atom is 0.0383 e. The van der Waals surface area contributed by atoms with Crippen LogP contribution in [-0.2, 0) is 6.54 Å². The number of nitrogens with one attached hydrogen (secondary N) is 1. The lowest BCUT2D eigenvalue weighted by molar-refractivity contribution is 0.442. The van der Waals surface area contributed by atoms with Crippen LogP contribution in [0.5, 0.6) is 0 Å². The van der Waals surface area contributed by atoms with Gasteiger partial charge < -0.3 is 5.32 Å². The van der Waals surface area contributed by atoms with Crippen molar-refractivity contribution in [2.45, 2.75) is 33.4 Å². The second-order valence-corrected chi connectivity index (χ2v) is 5.86. The van der Waals surface area contributed by atoms with Crippen molar-refractivity contribution in [3.63, 3.8) is 0 Å². The summed E-state index contributed by atoms with van der Waals surface area (Å²) in [5.41, 5.74) is 4.03. The number of hydrogen-bond acceptors (Lipinski definition) is 1. The molecule has 0 fully saturated rings. The van der Waals surface area contributed by atoms with Gasteiger partial charge in [-0.05, 0) is 30.9 Å². The van der Waals surface area contributed by atoms with Gasteiger partial charge >= 0.3 is 0 Å². The Balaban J connectivity index is 2.14. The van der Waals surface area contributed by atoms with Crippen LogP contribution in [0, 0.1) is 5.92 Å². The van der Waals surface area contributed by atoms with Crippen molar-refractivity contribution in [1.82, 2.24) is 5.32 Å². The molecule has 0 heterocycles. The number of rotatable bonds is 6. The summed E-state index contributed by atoms with van der Waals surface area (Å²) in [6.45, 7) is 7.50. The zero-order chi connectivity index (χ0) is 15.1. The molecule has 0 aliphatic heterocycles. The zero-order valence-electron chi connectivity index (χ0n) is 13.2. The fraction of sp³-hybridized carbons (Fsp3) is 0.300. The predicted octanol–water partition coefficient (Wildman–Crippen LogP) is 5.12. The monoisotopic (exact) mass is 279 g/mol. The van der Waals surface area contributed by atoms with Crippen LogP contribution in [-0.4, -0.2) is 0 Å². The summed E-state index contributed by atoms with van der Waals surface area (Å²) in [5, 5.41) is 3.71.